The molecule has 3 aromatic carbocycles. The van der Waals surface area contributed by atoms with Crippen molar-refractivity contribution in [1.82, 2.24) is 4.57 Å². The van der Waals surface area contributed by atoms with E-state index in [1.807, 2.05) is 71.3 Å². The van der Waals surface area contributed by atoms with Crippen LogP contribution in [0, 0.1) is 0 Å². The van der Waals surface area contributed by atoms with Gasteiger partial charge in [-0.3, -0.25) is 4.79 Å². The second-order valence-electron chi connectivity index (χ2n) is 7.61. The smallest absolute Gasteiger partial charge is 0.323 e. The number of benzene rings is 3. The summed E-state index contributed by atoms with van der Waals surface area (Å²) in [7, 11) is 1.64. The maximum atomic E-state index is 11.4. The summed E-state index contributed by atoms with van der Waals surface area (Å²) < 4.78 is 18.7. The summed E-state index contributed by atoms with van der Waals surface area (Å²) in [4.78, 5) is 11.4. The molecule has 0 saturated heterocycles. The summed E-state index contributed by atoms with van der Waals surface area (Å²) in [5.41, 5.74) is 1.79. The molecule has 0 atom stereocenters. The molecule has 6 heteroatoms. The molecule has 0 saturated carbocycles. The number of carboxylic acid groups (broad SMARTS) is 1. The Labute approximate surface area is 186 Å². The fourth-order valence-electron chi connectivity index (χ4n) is 3.86. The Morgan fingerprint density at radius 1 is 0.781 bits per heavy atom. The van der Waals surface area contributed by atoms with Crippen LogP contribution in [0.15, 0.2) is 66.7 Å². The van der Waals surface area contributed by atoms with E-state index in [0.29, 0.717) is 13.2 Å². The predicted octanol–water partition coefficient (Wildman–Crippen LogP) is 5.52. The highest BCUT2D eigenvalue weighted by Gasteiger charge is 2.13. The molecule has 0 bridgehead atoms. The van der Waals surface area contributed by atoms with Gasteiger partial charge in [-0.05, 0) is 61.7 Å². The number of carbonyl (C=O) groups is 1. The van der Waals surface area contributed by atoms with Gasteiger partial charge < -0.3 is 23.9 Å². The van der Waals surface area contributed by atoms with Crippen LogP contribution < -0.4 is 14.2 Å². The van der Waals surface area contributed by atoms with Gasteiger partial charge in [0.1, 0.15) is 23.8 Å². The molecule has 0 radical (unpaired) electrons. The number of fused-ring (bicyclic) bond motifs is 3. The number of hydrogen-bond donors (Lipinski definition) is 1. The van der Waals surface area contributed by atoms with E-state index in [0.717, 1.165) is 58.3 Å². The summed E-state index contributed by atoms with van der Waals surface area (Å²) in [5.74, 6) is 1.54. The summed E-state index contributed by atoms with van der Waals surface area (Å²) in [6.07, 6.45) is 2.86. The number of methoxy groups -OCH3 is 1. The molecule has 32 heavy (non-hydrogen) atoms. The molecule has 0 aliphatic carbocycles. The molecule has 4 aromatic rings. The maximum Gasteiger partial charge on any atom is 0.323 e. The lowest BCUT2D eigenvalue weighted by molar-refractivity contribution is -0.137. The van der Waals surface area contributed by atoms with Gasteiger partial charge in [0.15, 0.2) is 0 Å². The summed E-state index contributed by atoms with van der Waals surface area (Å²) in [6.45, 7) is 1.18. The van der Waals surface area contributed by atoms with Crippen LogP contribution in [0.4, 0.5) is 0 Å². The number of aromatic nitrogens is 1. The highest BCUT2D eigenvalue weighted by Crippen LogP contribution is 2.31. The van der Waals surface area contributed by atoms with Crippen molar-refractivity contribution in [3.63, 3.8) is 0 Å². The third-order valence-corrected chi connectivity index (χ3v) is 5.42. The van der Waals surface area contributed by atoms with E-state index in [1.165, 1.54) is 0 Å². The lowest BCUT2D eigenvalue weighted by Crippen LogP contribution is -2.08. The minimum Gasteiger partial charge on any atom is -0.497 e. The minimum atomic E-state index is -0.865. The van der Waals surface area contributed by atoms with Gasteiger partial charge >= 0.3 is 5.97 Å². The lowest BCUT2D eigenvalue weighted by atomic mass is 10.1. The second-order valence-corrected chi connectivity index (χ2v) is 7.61. The van der Waals surface area contributed by atoms with E-state index in [-0.39, 0.29) is 6.54 Å². The van der Waals surface area contributed by atoms with Gasteiger partial charge in [0.2, 0.25) is 0 Å². The molecule has 0 aliphatic heterocycles. The Bertz CT molecular complexity index is 1200. The van der Waals surface area contributed by atoms with Crippen LogP contribution >= 0.6 is 0 Å². The molecule has 0 amide bonds. The molecule has 1 heterocycles. The number of aliphatic carboxylic acids is 1. The van der Waals surface area contributed by atoms with Crippen molar-refractivity contribution < 1.29 is 24.1 Å². The van der Waals surface area contributed by atoms with E-state index in [4.69, 9.17) is 14.2 Å². The van der Waals surface area contributed by atoms with Crippen molar-refractivity contribution >= 4 is 27.8 Å². The number of para-hydroxylation sites is 1. The molecule has 6 nitrogen and oxygen atoms in total. The van der Waals surface area contributed by atoms with E-state index in [2.05, 4.69) is 0 Å². The van der Waals surface area contributed by atoms with Crippen LogP contribution in [0.1, 0.15) is 19.3 Å². The van der Waals surface area contributed by atoms with E-state index < -0.39 is 5.97 Å². The summed E-state index contributed by atoms with van der Waals surface area (Å²) in [5, 5.41) is 11.4. The van der Waals surface area contributed by atoms with Crippen LogP contribution in [0.2, 0.25) is 0 Å². The topological polar surface area (TPSA) is 69.9 Å². The first kappa shape index (κ1) is 21.6. The van der Waals surface area contributed by atoms with Crippen molar-refractivity contribution in [2.75, 3.05) is 20.3 Å². The monoisotopic (exact) mass is 433 g/mol. The van der Waals surface area contributed by atoms with Gasteiger partial charge in [-0.15, -0.1) is 0 Å². The molecule has 1 N–H and O–H groups in total. The number of nitrogens with zero attached hydrogens (tertiary/aromatic N) is 1. The van der Waals surface area contributed by atoms with Gasteiger partial charge in [0, 0.05) is 22.4 Å². The zero-order chi connectivity index (χ0) is 22.3. The predicted molar refractivity (Wildman–Crippen MR) is 125 cm³/mol. The van der Waals surface area contributed by atoms with Gasteiger partial charge in [-0.25, -0.2) is 0 Å². The van der Waals surface area contributed by atoms with Crippen LogP contribution in [-0.2, 0) is 11.3 Å². The molecule has 0 aliphatic rings. The quantitative estimate of drug-likeness (QED) is 0.316. The van der Waals surface area contributed by atoms with Crippen LogP contribution in [0.5, 0.6) is 17.2 Å². The SMILES string of the molecule is COc1ccc(OCCCCCOc2ccc3c4ccccc4n(CC(=O)O)c3c2)cc1. The Morgan fingerprint density at radius 3 is 2.12 bits per heavy atom. The van der Waals surface area contributed by atoms with Crippen LogP contribution in [-0.4, -0.2) is 36.0 Å². The summed E-state index contributed by atoms with van der Waals surface area (Å²) >= 11 is 0. The van der Waals surface area contributed by atoms with Crippen LogP contribution in [0.25, 0.3) is 21.8 Å². The molecule has 4 rings (SSSR count). The van der Waals surface area contributed by atoms with E-state index in [9.17, 15) is 9.90 Å². The molecule has 166 valence electrons. The fraction of sp³-hybridized carbons (Fsp3) is 0.269. The Hall–Kier alpha value is -3.67. The first-order valence-corrected chi connectivity index (χ1v) is 10.8. The van der Waals surface area contributed by atoms with Crippen molar-refractivity contribution in [1.29, 1.82) is 0 Å². The largest absolute Gasteiger partial charge is 0.497 e. The second kappa shape index (κ2) is 10.1. The van der Waals surface area contributed by atoms with Crippen molar-refractivity contribution in [2.45, 2.75) is 25.8 Å². The number of hydrogen-bond acceptors (Lipinski definition) is 4. The van der Waals surface area contributed by atoms with Gasteiger partial charge in [-0.1, -0.05) is 18.2 Å². The van der Waals surface area contributed by atoms with Crippen molar-refractivity contribution in [3.05, 3.63) is 66.7 Å². The minimum absolute atomic E-state index is 0.0817. The standard InChI is InChI=1S/C26H27NO5/c1-30-19-9-11-20(12-10-19)31-15-5-2-6-16-32-21-13-14-23-22-7-3-4-8-24(22)27(18-26(28)29)25(23)17-21/h3-4,7-14,17H,2,5-6,15-16,18H2,1H3,(H,28,29). The Kier molecular flexibility index (Phi) is 6.80. The zero-order valence-electron chi connectivity index (χ0n) is 18.1. The van der Waals surface area contributed by atoms with Crippen LogP contribution in [0.3, 0.4) is 0 Å². The third kappa shape index (κ3) is 4.97. The van der Waals surface area contributed by atoms with E-state index >= 15 is 0 Å². The number of ether oxygens (including phenoxy) is 3. The molecule has 1 aromatic heterocycles. The number of unbranched alkanes of at least 4 members (excludes halogenated alkanes) is 2. The Morgan fingerprint density at radius 2 is 1.41 bits per heavy atom. The highest BCUT2D eigenvalue weighted by molar-refractivity contribution is 6.08. The normalized spacial score (nSPS) is 11.0. The first-order valence-electron chi connectivity index (χ1n) is 10.8. The van der Waals surface area contributed by atoms with Gasteiger partial charge in [-0.2, -0.15) is 0 Å². The first-order chi connectivity index (χ1) is 15.7. The molecule has 0 spiro atoms. The van der Waals surface area contributed by atoms with E-state index in [1.54, 1.807) is 7.11 Å². The van der Waals surface area contributed by atoms with Gasteiger partial charge in [0.05, 0.1) is 25.8 Å². The molecule has 0 fully saturated rings. The average Bonchev–Trinajstić information content (AvgIpc) is 3.11. The Balaban J connectivity index is 1.29. The average molecular weight is 434 g/mol. The highest BCUT2D eigenvalue weighted by atomic mass is 16.5. The van der Waals surface area contributed by atoms with Crippen molar-refractivity contribution in [3.8, 4) is 17.2 Å². The fourth-order valence-corrected chi connectivity index (χ4v) is 3.86. The van der Waals surface area contributed by atoms with Gasteiger partial charge in [0.25, 0.3) is 0 Å². The molecule has 0 unspecified atom stereocenters. The molecular formula is C26H27NO5. The maximum absolute atomic E-state index is 11.4. The number of carboxylic acids is 1. The number of rotatable bonds is 11. The lowest BCUT2D eigenvalue weighted by Gasteiger charge is -2.09. The third-order valence-electron chi connectivity index (χ3n) is 5.42. The van der Waals surface area contributed by atoms with Crippen molar-refractivity contribution in [2.24, 2.45) is 0 Å². The molecular weight excluding hydrogens is 406 g/mol. The zero-order valence-corrected chi connectivity index (χ0v) is 18.1. The summed E-state index contributed by atoms with van der Waals surface area (Å²) in [6, 6.07) is 21.3.